The molecule has 0 fully saturated rings. The minimum atomic E-state index is 1.03. The Bertz CT molecular complexity index is 1070. The van der Waals surface area contributed by atoms with Crippen LogP contribution in [0.15, 0.2) is 121 Å². The highest BCUT2D eigenvalue weighted by Gasteiger charge is 2.07. The van der Waals surface area contributed by atoms with Crippen molar-refractivity contribution in [3.8, 4) is 0 Å². The summed E-state index contributed by atoms with van der Waals surface area (Å²) < 4.78 is 0. The van der Waals surface area contributed by atoms with Crippen molar-refractivity contribution in [2.24, 2.45) is 0 Å². The molecular weight excluding hydrogens is 324 g/mol. The van der Waals surface area contributed by atoms with Crippen molar-refractivity contribution in [2.75, 3.05) is 0 Å². The van der Waals surface area contributed by atoms with E-state index in [0.29, 0.717) is 0 Å². The molecule has 0 amide bonds. The van der Waals surface area contributed by atoms with Gasteiger partial charge in [0.2, 0.25) is 0 Å². The van der Waals surface area contributed by atoms with E-state index in [1.165, 1.54) is 16.7 Å². The van der Waals surface area contributed by atoms with Crippen LogP contribution in [0.2, 0.25) is 0 Å². The maximum atomic E-state index is 4.28. The summed E-state index contributed by atoms with van der Waals surface area (Å²) in [7, 11) is 0. The normalized spacial score (nSPS) is 22.9. The first-order chi connectivity index (χ1) is 13.3. The van der Waals surface area contributed by atoms with Gasteiger partial charge in [0, 0.05) is 0 Å². The van der Waals surface area contributed by atoms with E-state index in [4.69, 9.17) is 0 Å². The van der Waals surface area contributed by atoms with Gasteiger partial charge in [-0.15, -0.1) is 0 Å². The number of aryl methyl sites for hydroxylation is 1. The van der Waals surface area contributed by atoms with Gasteiger partial charge in [0.05, 0.1) is 0 Å². The number of hydrogen-bond donors (Lipinski definition) is 0. The Morgan fingerprint density at radius 3 is 2.04 bits per heavy atom. The molecule has 27 heavy (non-hydrogen) atoms. The molecule has 0 aliphatic heterocycles. The highest BCUT2D eigenvalue weighted by molar-refractivity contribution is 5.82. The van der Waals surface area contributed by atoms with Gasteiger partial charge >= 0.3 is 0 Å². The molecular formula is C27H24. The number of benzene rings is 2. The molecule has 2 aromatic carbocycles. The minimum absolute atomic E-state index is 1.03. The van der Waals surface area contributed by atoms with E-state index in [0.717, 1.165) is 16.0 Å². The fraction of sp³-hybridized carbons (Fsp3) is 0.0370. The number of allylic oxidation sites excluding steroid dienone is 12. The van der Waals surface area contributed by atoms with Crippen LogP contribution in [0.25, 0.3) is 12.2 Å². The van der Waals surface area contributed by atoms with E-state index in [2.05, 4.69) is 80.3 Å². The maximum absolute atomic E-state index is 4.28. The zero-order valence-electron chi connectivity index (χ0n) is 15.7. The Hall–Kier alpha value is -3.38. The van der Waals surface area contributed by atoms with E-state index in [-0.39, 0.29) is 0 Å². The summed E-state index contributed by atoms with van der Waals surface area (Å²) in [5.74, 6) is 0. The Balaban J connectivity index is 2.30. The predicted molar refractivity (Wildman–Crippen MR) is 119 cm³/mol. The Kier molecular flexibility index (Phi) is 6.38. The summed E-state index contributed by atoms with van der Waals surface area (Å²) in [5.41, 5.74) is 4.75. The van der Waals surface area contributed by atoms with E-state index in [1.54, 1.807) is 0 Å². The molecule has 0 saturated heterocycles. The van der Waals surface area contributed by atoms with Gasteiger partial charge in [0.15, 0.2) is 0 Å². The van der Waals surface area contributed by atoms with Crippen LogP contribution < -0.4 is 10.4 Å². The summed E-state index contributed by atoms with van der Waals surface area (Å²) in [6, 6.07) is 16.9. The summed E-state index contributed by atoms with van der Waals surface area (Å²) in [6.07, 6.45) is 22.7. The van der Waals surface area contributed by atoms with Crippen molar-refractivity contribution >= 4 is 12.2 Å². The summed E-state index contributed by atoms with van der Waals surface area (Å²) in [4.78, 5) is 0. The molecule has 0 nitrogen and oxygen atoms in total. The van der Waals surface area contributed by atoms with Crippen molar-refractivity contribution in [2.45, 2.75) is 6.92 Å². The van der Waals surface area contributed by atoms with Crippen LogP contribution >= 0.6 is 0 Å². The average Bonchev–Trinajstić information content (AvgIpc) is 2.67. The number of hydrogen-bond acceptors (Lipinski definition) is 0. The van der Waals surface area contributed by atoms with E-state index >= 15 is 0 Å². The molecule has 2 aromatic rings. The molecule has 132 valence electrons. The van der Waals surface area contributed by atoms with E-state index < -0.39 is 0 Å². The largest absolute Gasteiger partial charge is 0.0911 e. The van der Waals surface area contributed by atoms with Crippen LogP contribution in [-0.4, -0.2) is 0 Å². The Morgan fingerprint density at radius 2 is 1.33 bits per heavy atom. The second kappa shape index (κ2) is 9.35. The minimum Gasteiger partial charge on any atom is -0.0911 e. The van der Waals surface area contributed by atoms with Crippen LogP contribution in [-0.2, 0) is 0 Å². The van der Waals surface area contributed by atoms with Crippen molar-refractivity contribution < 1.29 is 0 Å². The van der Waals surface area contributed by atoms with Crippen molar-refractivity contribution in [1.82, 2.24) is 0 Å². The third kappa shape index (κ3) is 5.05. The molecule has 0 N–H and O–H groups in total. The van der Waals surface area contributed by atoms with Crippen LogP contribution in [0.3, 0.4) is 0 Å². The Labute approximate surface area is 161 Å². The summed E-state index contributed by atoms with van der Waals surface area (Å²) in [6.45, 7) is 6.40. The SMILES string of the molecule is C=c1ccc(C)c/c1=C(C1=C/C=C\C=C\C=C/C=C\C=C\1)\c1ccccc1. The summed E-state index contributed by atoms with van der Waals surface area (Å²) in [5, 5.41) is 2.19. The lowest BCUT2D eigenvalue weighted by Gasteiger charge is -2.11. The van der Waals surface area contributed by atoms with Crippen LogP contribution in [0.5, 0.6) is 0 Å². The van der Waals surface area contributed by atoms with Gasteiger partial charge in [-0.2, -0.15) is 0 Å². The first kappa shape index (κ1) is 18.4. The Morgan fingerprint density at radius 1 is 0.704 bits per heavy atom. The quantitative estimate of drug-likeness (QED) is 0.688. The predicted octanol–water partition coefficient (Wildman–Crippen LogP) is 5.33. The molecule has 0 atom stereocenters. The van der Waals surface area contributed by atoms with Crippen LogP contribution in [0.4, 0.5) is 0 Å². The number of rotatable bonds is 2. The molecule has 0 heterocycles. The topological polar surface area (TPSA) is 0 Å². The fourth-order valence-electron chi connectivity index (χ4n) is 3.00. The molecule has 3 rings (SSSR count). The zero-order chi connectivity index (χ0) is 18.9. The lowest BCUT2D eigenvalue weighted by molar-refractivity contribution is 1.38. The molecule has 0 unspecified atom stereocenters. The molecule has 0 aromatic heterocycles. The second-order valence-electron chi connectivity index (χ2n) is 6.42. The summed E-state index contributed by atoms with van der Waals surface area (Å²) >= 11 is 0. The molecule has 0 radical (unpaired) electrons. The first-order valence-corrected chi connectivity index (χ1v) is 9.16. The van der Waals surface area contributed by atoms with Crippen molar-refractivity contribution in [3.05, 3.63) is 143 Å². The third-order valence-electron chi connectivity index (χ3n) is 4.33. The van der Waals surface area contributed by atoms with E-state index in [9.17, 15) is 0 Å². The highest BCUT2D eigenvalue weighted by Crippen LogP contribution is 2.21. The van der Waals surface area contributed by atoms with Gasteiger partial charge < -0.3 is 0 Å². The van der Waals surface area contributed by atoms with Crippen LogP contribution in [0.1, 0.15) is 11.1 Å². The molecule has 0 heteroatoms. The second-order valence-corrected chi connectivity index (χ2v) is 6.42. The molecule has 0 bridgehead atoms. The van der Waals surface area contributed by atoms with Crippen molar-refractivity contribution in [1.29, 1.82) is 0 Å². The molecule has 0 spiro atoms. The first-order valence-electron chi connectivity index (χ1n) is 9.16. The smallest absolute Gasteiger partial charge is 0.00330 e. The fourth-order valence-corrected chi connectivity index (χ4v) is 3.00. The van der Waals surface area contributed by atoms with Gasteiger partial charge in [0.1, 0.15) is 0 Å². The van der Waals surface area contributed by atoms with Crippen molar-refractivity contribution in [3.63, 3.8) is 0 Å². The average molecular weight is 348 g/mol. The van der Waals surface area contributed by atoms with Gasteiger partial charge in [0.25, 0.3) is 0 Å². The van der Waals surface area contributed by atoms with Gasteiger partial charge in [-0.05, 0) is 34.1 Å². The lowest BCUT2D eigenvalue weighted by atomic mass is 9.93. The standard InChI is InChI=1S/C27H24/c1-22-19-20-23(2)26(21-22)27(25-17-13-10-14-18-25)24-15-11-8-6-4-3-5-7-9-12-16-24/h3-21H,2H2,1H3/b4-3-,5-3?,6-4?,7-5+,8-6-,9-7?,11-8?,12-9-,15-11+,16-12?,24-15?,24-16+,27-26+. The molecule has 1 aliphatic rings. The van der Waals surface area contributed by atoms with E-state index in [1.807, 2.05) is 48.6 Å². The van der Waals surface area contributed by atoms with Gasteiger partial charge in [-0.3, -0.25) is 0 Å². The van der Waals surface area contributed by atoms with Crippen LogP contribution in [0, 0.1) is 6.92 Å². The third-order valence-corrected chi connectivity index (χ3v) is 4.33. The van der Waals surface area contributed by atoms with Gasteiger partial charge in [-0.25, -0.2) is 0 Å². The molecule has 0 saturated carbocycles. The molecule has 1 aliphatic carbocycles. The maximum Gasteiger partial charge on any atom is -0.00330 e. The lowest BCUT2D eigenvalue weighted by Crippen LogP contribution is -2.26. The zero-order valence-corrected chi connectivity index (χ0v) is 15.7. The van der Waals surface area contributed by atoms with Gasteiger partial charge in [-0.1, -0.05) is 128 Å². The monoisotopic (exact) mass is 348 g/mol. The highest BCUT2D eigenvalue weighted by atomic mass is 14.1.